The number of carbonyl (C=O) groups excluding carboxylic acids is 1. The van der Waals surface area contributed by atoms with Crippen LogP contribution in [-0.4, -0.2) is 38.2 Å². The van der Waals surface area contributed by atoms with Gasteiger partial charge in [-0.25, -0.2) is 4.68 Å². The highest BCUT2D eigenvalue weighted by molar-refractivity contribution is 7.71. The zero-order valence-electron chi connectivity index (χ0n) is 11.9. The van der Waals surface area contributed by atoms with E-state index in [1.54, 1.807) is 9.25 Å². The largest absolute Gasteiger partial charge is 0.370 e. The van der Waals surface area contributed by atoms with E-state index >= 15 is 0 Å². The highest BCUT2D eigenvalue weighted by Crippen LogP contribution is 2.04. The Morgan fingerprint density at radius 2 is 2.30 bits per heavy atom. The van der Waals surface area contributed by atoms with Crippen molar-refractivity contribution in [3.8, 4) is 6.07 Å². The van der Waals surface area contributed by atoms with Gasteiger partial charge in [0.05, 0.1) is 12.7 Å². The van der Waals surface area contributed by atoms with Gasteiger partial charge in [-0.05, 0) is 18.8 Å². The van der Waals surface area contributed by atoms with Crippen LogP contribution in [0.15, 0.2) is 0 Å². The van der Waals surface area contributed by atoms with E-state index in [1.165, 1.54) is 0 Å². The van der Waals surface area contributed by atoms with Gasteiger partial charge in [0, 0.05) is 32.9 Å². The summed E-state index contributed by atoms with van der Waals surface area (Å²) < 4.78 is 4.10. The van der Waals surface area contributed by atoms with Crippen molar-refractivity contribution < 1.29 is 4.79 Å². The molecule has 0 radical (unpaired) electrons. The third kappa shape index (κ3) is 4.43. The van der Waals surface area contributed by atoms with Crippen molar-refractivity contribution in [3.05, 3.63) is 10.6 Å². The molecule has 0 saturated heterocycles. The Morgan fingerprint density at radius 1 is 1.60 bits per heavy atom. The number of rotatable bonds is 8. The predicted octanol–water partition coefficient (Wildman–Crippen LogP) is 0.562. The third-order valence-corrected chi connectivity index (χ3v) is 3.53. The molecule has 1 rings (SSSR count). The van der Waals surface area contributed by atoms with Crippen LogP contribution in [0.25, 0.3) is 0 Å². The Morgan fingerprint density at radius 3 is 2.85 bits per heavy atom. The Bertz CT molecular complexity index is 555. The SMILES string of the molecule is CCN(CCC#N)Cn1nc(CCC(N)=O)n(C)c1=S. The van der Waals surface area contributed by atoms with Crippen LogP contribution in [0.1, 0.15) is 25.6 Å². The van der Waals surface area contributed by atoms with E-state index in [4.69, 9.17) is 23.2 Å². The fraction of sp³-hybridized carbons (Fsp3) is 0.667. The maximum absolute atomic E-state index is 10.8. The standard InChI is InChI=1S/C12H20N6OS/c1-3-17(8-4-7-13)9-18-12(20)16(2)11(15-18)6-5-10(14)19/h3-6,8-9H2,1-2H3,(H2,14,19). The van der Waals surface area contributed by atoms with E-state index in [9.17, 15) is 4.79 Å². The lowest BCUT2D eigenvalue weighted by Crippen LogP contribution is -2.28. The Kier molecular flexibility index (Phi) is 6.35. The van der Waals surface area contributed by atoms with Crippen LogP contribution in [0, 0.1) is 16.1 Å². The van der Waals surface area contributed by atoms with Gasteiger partial charge in [0.25, 0.3) is 0 Å². The summed E-state index contributed by atoms with van der Waals surface area (Å²) >= 11 is 5.33. The molecule has 1 amide bonds. The molecule has 7 nitrogen and oxygen atoms in total. The van der Waals surface area contributed by atoms with E-state index in [0.29, 0.717) is 30.8 Å². The van der Waals surface area contributed by atoms with Crippen molar-refractivity contribution in [2.75, 3.05) is 13.1 Å². The second kappa shape index (κ2) is 7.77. The third-order valence-electron chi connectivity index (χ3n) is 3.05. The molecule has 0 aliphatic carbocycles. The average molecular weight is 296 g/mol. The van der Waals surface area contributed by atoms with Crippen molar-refractivity contribution in [3.63, 3.8) is 0 Å². The molecule has 8 heteroatoms. The Balaban J connectivity index is 2.80. The molecule has 0 aliphatic rings. The van der Waals surface area contributed by atoms with Crippen molar-refractivity contribution in [2.24, 2.45) is 12.8 Å². The molecule has 1 heterocycles. The zero-order chi connectivity index (χ0) is 15.1. The summed E-state index contributed by atoms with van der Waals surface area (Å²) in [5.74, 6) is 0.389. The number of primary amides is 1. The minimum atomic E-state index is -0.352. The van der Waals surface area contributed by atoms with E-state index in [1.807, 2.05) is 14.0 Å². The zero-order valence-corrected chi connectivity index (χ0v) is 12.7. The number of hydrogen-bond acceptors (Lipinski definition) is 5. The van der Waals surface area contributed by atoms with Crippen molar-refractivity contribution >= 4 is 18.1 Å². The summed E-state index contributed by atoms with van der Waals surface area (Å²) in [6.45, 7) is 4.07. The van der Waals surface area contributed by atoms with Gasteiger partial charge >= 0.3 is 0 Å². The lowest BCUT2D eigenvalue weighted by molar-refractivity contribution is -0.118. The lowest BCUT2D eigenvalue weighted by Gasteiger charge is -2.18. The summed E-state index contributed by atoms with van der Waals surface area (Å²) in [5, 5.41) is 13.1. The molecule has 110 valence electrons. The second-order valence-electron chi connectivity index (χ2n) is 4.48. The van der Waals surface area contributed by atoms with Gasteiger partial charge in [-0.1, -0.05) is 6.92 Å². The molecule has 0 bridgehead atoms. The van der Waals surface area contributed by atoms with Crippen LogP contribution in [0.5, 0.6) is 0 Å². The van der Waals surface area contributed by atoms with Crippen LogP contribution in [0.3, 0.4) is 0 Å². The summed E-state index contributed by atoms with van der Waals surface area (Å²) in [6.07, 6.45) is 1.21. The maximum Gasteiger partial charge on any atom is 0.217 e. The summed E-state index contributed by atoms with van der Waals surface area (Å²) in [5.41, 5.74) is 5.14. The molecule has 0 atom stereocenters. The quantitative estimate of drug-likeness (QED) is 0.708. The van der Waals surface area contributed by atoms with Crippen LogP contribution in [-0.2, 0) is 24.9 Å². The first-order valence-electron chi connectivity index (χ1n) is 6.49. The molecule has 2 N–H and O–H groups in total. The van der Waals surface area contributed by atoms with Gasteiger partial charge in [-0.2, -0.15) is 10.4 Å². The normalized spacial score (nSPS) is 10.7. The first-order chi connectivity index (χ1) is 9.49. The van der Waals surface area contributed by atoms with Crippen molar-refractivity contribution in [1.82, 2.24) is 19.2 Å². The number of nitrogens with zero attached hydrogens (tertiary/aromatic N) is 5. The monoisotopic (exact) mass is 296 g/mol. The Hall–Kier alpha value is -1.72. The molecule has 0 fully saturated rings. The van der Waals surface area contributed by atoms with Crippen LogP contribution in [0.4, 0.5) is 0 Å². The molecule has 0 saturated carbocycles. The number of nitriles is 1. The van der Waals surface area contributed by atoms with Crippen molar-refractivity contribution in [2.45, 2.75) is 32.9 Å². The first kappa shape index (κ1) is 16.3. The fourth-order valence-electron chi connectivity index (χ4n) is 1.80. The van der Waals surface area contributed by atoms with E-state index in [2.05, 4.69) is 16.1 Å². The predicted molar refractivity (Wildman–Crippen MR) is 77.0 cm³/mol. The van der Waals surface area contributed by atoms with Gasteiger partial charge in [0.15, 0.2) is 4.77 Å². The Labute approximate surface area is 123 Å². The highest BCUT2D eigenvalue weighted by atomic mass is 32.1. The van der Waals surface area contributed by atoms with Gasteiger partial charge in [-0.3, -0.25) is 9.69 Å². The molecule has 20 heavy (non-hydrogen) atoms. The van der Waals surface area contributed by atoms with Crippen LogP contribution < -0.4 is 5.73 Å². The minimum Gasteiger partial charge on any atom is -0.370 e. The topological polar surface area (TPSA) is 92.9 Å². The number of aromatic nitrogens is 3. The van der Waals surface area contributed by atoms with Gasteiger partial charge in [0.2, 0.25) is 5.91 Å². The van der Waals surface area contributed by atoms with Crippen LogP contribution in [0.2, 0.25) is 0 Å². The number of aryl methyl sites for hydroxylation is 1. The van der Waals surface area contributed by atoms with E-state index in [0.717, 1.165) is 12.4 Å². The highest BCUT2D eigenvalue weighted by Gasteiger charge is 2.11. The van der Waals surface area contributed by atoms with Gasteiger partial charge < -0.3 is 10.3 Å². The molecule has 0 spiro atoms. The fourth-order valence-corrected chi connectivity index (χ4v) is 2.01. The molecule has 0 aromatic carbocycles. The molecule has 1 aromatic heterocycles. The average Bonchev–Trinajstić information content (AvgIpc) is 2.69. The number of hydrogen-bond donors (Lipinski definition) is 1. The molecule has 0 unspecified atom stereocenters. The molecular formula is C12H20N6OS. The van der Waals surface area contributed by atoms with Crippen molar-refractivity contribution in [1.29, 1.82) is 5.26 Å². The summed E-state index contributed by atoms with van der Waals surface area (Å²) in [4.78, 5) is 12.9. The number of amides is 1. The van der Waals surface area contributed by atoms with Gasteiger partial charge in [-0.15, -0.1) is 0 Å². The summed E-state index contributed by atoms with van der Waals surface area (Å²) in [6, 6.07) is 2.13. The minimum absolute atomic E-state index is 0.256. The molecule has 0 aliphatic heterocycles. The van der Waals surface area contributed by atoms with Gasteiger partial charge in [0.1, 0.15) is 5.82 Å². The first-order valence-corrected chi connectivity index (χ1v) is 6.90. The maximum atomic E-state index is 10.8. The van der Waals surface area contributed by atoms with E-state index < -0.39 is 0 Å². The summed E-state index contributed by atoms with van der Waals surface area (Å²) in [7, 11) is 1.83. The lowest BCUT2D eigenvalue weighted by atomic mass is 10.3. The smallest absolute Gasteiger partial charge is 0.217 e. The molecular weight excluding hydrogens is 276 g/mol. The van der Waals surface area contributed by atoms with Crippen LogP contribution >= 0.6 is 12.2 Å². The molecule has 1 aromatic rings. The second-order valence-corrected chi connectivity index (χ2v) is 4.85. The van der Waals surface area contributed by atoms with E-state index in [-0.39, 0.29) is 12.3 Å². The number of carbonyl (C=O) groups is 1. The number of nitrogens with two attached hydrogens (primary N) is 1.